The van der Waals surface area contributed by atoms with E-state index in [0.717, 1.165) is 0 Å². The van der Waals surface area contributed by atoms with Crippen LogP contribution in [0.4, 0.5) is 10.5 Å². The van der Waals surface area contributed by atoms with Crippen molar-refractivity contribution in [2.45, 2.75) is 13.8 Å². The molecule has 1 aliphatic heterocycles. The Hall–Kier alpha value is -3.48. The number of hydrogen-bond acceptors (Lipinski definition) is 4. The summed E-state index contributed by atoms with van der Waals surface area (Å²) in [7, 11) is 0. The number of nitrogens with zero attached hydrogens (tertiary/aromatic N) is 2. The lowest BCUT2D eigenvalue weighted by Gasteiger charge is -2.16. The molecule has 1 N–H and O–H groups in total. The first-order valence-corrected chi connectivity index (χ1v) is 9.00. The highest BCUT2D eigenvalue weighted by atomic mass is 16.2. The predicted octanol–water partition coefficient (Wildman–Crippen LogP) is 2.68. The van der Waals surface area contributed by atoms with Crippen LogP contribution in [-0.4, -0.2) is 41.7 Å². The molecule has 0 unspecified atom stereocenters. The molecule has 1 aliphatic rings. The van der Waals surface area contributed by atoms with Gasteiger partial charge in [-0.3, -0.25) is 19.3 Å². The fourth-order valence-corrected chi connectivity index (χ4v) is 2.80. The number of carbonyl (C=O) groups is 4. The van der Waals surface area contributed by atoms with E-state index >= 15 is 0 Å². The maximum Gasteiger partial charge on any atom is 0.338 e. The largest absolute Gasteiger partial charge is 0.352 e. The van der Waals surface area contributed by atoms with E-state index in [1.54, 1.807) is 54.6 Å². The van der Waals surface area contributed by atoms with Gasteiger partial charge in [-0.25, -0.2) is 4.79 Å². The predicted molar refractivity (Wildman–Crippen MR) is 104 cm³/mol. The van der Waals surface area contributed by atoms with E-state index in [1.807, 2.05) is 13.8 Å². The molecule has 5 amide bonds. The van der Waals surface area contributed by atoms with E-state index in [0.29, 0.717) is 28.6 Å². The Bertz CT molecular complexity index is 907. The van der Waals surface area contributed by atoms with Crippen LogP contribution in [0.5, 0.6) is 0 Å². The Morgan fingerprint density at radius 2 is 1.61 bits per heavy atom. The van der Waals surface area contributed by atoms with Crippen molar-refractivity contribution in [3.05, 3.63) is 65.7 Å². The summed E-state index contributed by atoms with van der Waals surface area (Å²) >= 11 is 0. The number of imide groups is 3. The van der Waals surface area contributed by atoms with Gasteiger partial charge in [0.05, 0.1) is 0 Å². The second-order valence-electron chi connectivity index (χ2n) is 6.92. The molecule has 2 aromatic carbocycles. The maximum atomic E-state index is 12.7. The number of urea groups is 1. The highest BCUT2D eigenvalue weighted by Gasteiger charge is 2.41. The van der Waals surface area contributed by atoms with E-state index in [9.17, 15) is 19.2 Å². The number of benzene rings is 2. The molecule has 0 saturated carbocycles. The first-order valence-electron chi connectivity index (χ1n) is 9.00. The molecular formula is C21H21N3O4. The lowest BCUT2D eigenvalue weighted by molar-refractivity contribution is -0.123. The Kier molecular flexibility index (Phi) is 5.54. The van der Waals surface area contributed by atoms with Gasteiger partial charge < -0.3 is 5.32 Å². The fraction of sp³-hybridized carbons (Fsp3) is 0.238. The van der Waals surface area contributed by atoms with E-state index < -0.39 is 17.8 Å². The monoisotopic (exact) mass is 379 g/mol. The molecule has 0 aliphatic carbocycles. The van der Waals surface area contributed by atoms with Crippen LogP contribution < -0.4 is 10.2 Å². The molecule has 0 spiro atoms. The third kappa shape index (κ3) is 3.93. The minimum Gasteiger partial charge on any atom is -0.352 e. The highest BCUT2D eigenvalue weighted by Crippen LogP contribution is 2.23. The van der Waals surface area contributed by atoms with Crippen molar-refractivity contribution < 1.29 is 19.2 Å². The molecule has 3 rings (SSSR count). The zero-order valence-corrected chi connectivity index (χ0v) is 15.7. The van der Waals surface area contributed by atoms with Gasteiger partial charge in [0.25, 0.3) is 17.7 Å². The van der Waals surface area contributed by atoms with E-state index in [2.05, 4.69) is 5.32 Å². The SMILES string of the molecule is CC(C)CNC(=O)c1ccc(N2CC(=O)N(C(=O)c3ccccc3)C2=O)cc1. The maximum absolute atomic E-state index is 12.7. The summed E-state index contributed by atoms with van der Waals surface area (Å²) < 4.78 is 0. The van der Waals surface area contributed by atoms with Crippen LogP contribution >= 0.6 is 0 Å². The van der Waals surface area contributed by atoms with Crippen molar-refractivity contribution in [1.82, 2.24) is 10.2 Å². The number of nitrogens with one attached hydrogen (secondary N) is 1. The molecule has 0 atom stereocenters. The minimum absolute atomic E-state index is 0.204. The fourth-order valence-electron chi connectivity index (χ4n) is 2.80. The molecule has 0 aromatic heterocycles. The summed E-state index contributed by atoms with van der Waals surface area (Å²) in [5, 5.41) is 2.82. The number of hydrogen-bond donors (Lipinski definition) is 1. The highest BCUT2D eigenvalue weighted by molar-refractivity contribution is 6.24. The zero-order valence-electron chi connectivity index (χ0n) is 15.7. The summed E-state index contributed by atoms with van der Waals surface area (Å²) in [4.78, 5) is 51.4. The Morgan fingerprint density at radius 3 is 2.21 bits per heavy atom. The molecule has 28 heavy (non-hydrogen) atoms. The third-order valence-electron chi connectivity index (χ3n) is 4.30. The Balaban J connectivity index is 1.74. The average Bonchev–Trinajstić information content (AvgIpc) is 3.00. The molecule has 144 valence electrons. The standard InChI is InChI=1S/C21H21N3O4/c1-14(2)12-22-19(26)15-8-10-17(11-9-15)23-13-18(25)24(21(23)28)20(27)16-6-4-3-5-7-16/h3-11,14H,12-13H2,1-2H3,(H,22,26). The van der Waals surface area contributed by atoms with E-state index in [1.165, 1.54) is 4.90 Å². The van der Waals surface area contributed by atoms with Crippen LogP contribution in [0.2, 0.25) is 0 Å². The number of amides is 5. The van der Waals surface area contributed by atoms with E-state index in [-0.39, 0.29) is 18.0 Å². The van der Waals surface area contributed by atoms with Gasteiger partial charge in [0.15, 0.2) is 0 Å². The van der Waals surface area contributed by atoms with Crippen LogP contribution in [-0.2, 0) is 4.79 Å². The van der Waals surface area contributed by atoms with Crippen LogP contribution in [0.3, 0.4) is 0 Å². The Morgan fingerprint density at radius 1 is 0.964 bits per heavy atom. The van der Waals surface area contributed by atoms with Crippen LogP contribution in [0, 0.1) is 5.92 Å². The van der Waals surface area contributed by atoms with Gasteiger partial charge in [0.2, 0.25) is 0 Å². The summed E-state index contributed by atoms with van der Waals surface area (Å²) in [5.41, 5.74) is 1.17. The molecule has 1 heterocycles. The van der Waals surface area contributed by atoms with Gasteiger partial charge in [-0.15, -0.1) is 0 Å². The molecule has 7 heteroatoms. The molecule has 1 saturated heterocycles. The van der Waals surface area contributed by atoms with Crippen molar-refractivity contribution in [1.29, 1.82) is 0 Å². The van der Waals surface area contributed by atoms with Crippen molar-refractivity contribution in [3.63, 3.8) is 0 Å². The topological polar surface area (TPSA) is 86.8 Å². The van der Waals surface area contributed by atoms with Crippen LogP contribution in [0.25, 0.3) is 0 Å². The third-order valence-corrected chi connectivity index (χ3v) is 4.30. The van der Waals surface area contributed by atoms with Gasteiger partial charge >= 0.3 is 6.03 Å². The summed E-state index contributed by atoms with van der Waals surface area (Å²) in [5.74, 6) is -1.10. The minimum atomic E-state index is -0.698. The van der Waals surface area contributed by atoms with Crippen LogP contribution in [0.1, 0.15) is 34.6 Å². The van der Waals surface area contributed by atoms with E-state index in [4.69, 9.17) is 0 Å². The van der Waals surface area contributed by atoms with Gasteiger partial charge in [-0.2, -0.15) is 4.90 Å². The van der Waals surface area contributed by atoms with Gasteiger partial charge in [-0.1, -0.05) is 32.0 Å². The van der Waals surface area contributed by atoms with Crippen molar-refractivity contribution >= 4 is 29.4 Å². The first-order chi connectivity index (χ1) is 13.4. The molecule has 7 nitrogen and oxygen atoms in total. The second-order valence-corrected chi connectivity index (χ2v) is 6.92. The smallest absolute Gasteiger partial charge is 0.338 e. The normalized spacial score (nSPS) is 14.0. The summed E-state index contributed by atoms with van der Waals surface area (Å²) in [6.07, 6.45) is 0. The lowest BCUT2D eigenvalue weighted by atomic mass is 10.1. The second kappa shape index (κ2) is 8.04. The molecule has 2 aromatic rings. The molecule has 0 radical (unpaired) electrons. The molecular weight excluding hydrogens is 358 g/mol. The Labute approximate surface area is 162 Å². The molecule has 0 bridgehead atoms. The first kappa shape index (κ1) is 19.3. The number of carbonyl (C=O) groups excluding carboxylic acids is 4. The number of anilines is 1. The zero-order chi connectivity index (χ0) is 20.3. The van der Waals surface area contributed by atoms with Crippen LogP contribution in [0.15, 0.2) is 54.6 Å². The summed E-state index contributed by atoms with van der Waals surface area (Å²) in [6.45, 7) is 4.34. The van der Waals surface area contributed by atoms with Gasteiger partial charge in [0.1, 0.15) is 6.54 Å². The molecule has 1 fully saturated rings. The van der Waals surface area contributed by atoms with Crippen molar-refractivity contribution in [2.75, 3.05) is 18.0 Å². The summed E-state index contributed by atoms with van der Waals surface area (Å²) in [6, 6.07) is 13.8. The number of rotatable bonds is 5. The quantitative estimate of drug-likeness (QED) is 0.639. The van der Waals surface area contributed by atoms with Crippen molar-refractivity contribution in [3.8, 4) is 0 Å². The van der Waals surface area contributed by atoms with Crippen molar-refractivity contribution in [2.24, 2.45) is 5.92 Å². The lowest BCUT2D eigenvalue weighted by Crippen LogP contribution is -2.38. The van der Waals surface area contributed by atoms with Gasteiger partial charge in [-0.05, 0) is 42.3 Å². The van der Waals surface area contributed by atoms with Gasteiger partial charge in [0, 0.05) is 23.4 Å². The average molecular weight is 379 g/mol.